The van der Waals surface area contributed by atoms with Crippen molar-refractivity contribution >= 4 is 15.2 Å². The van der Waals surface area contributed by atoms with E-state index in [-0.39, 0.29) is 31.7 Å². The number of aliphatic hydroxyl groups excluding tert-OH is 2. The normalized spacial score (nSPS) is 10.1. The molecule has 4 N–H and O–H groups in total. The van der Waals surface area contributed by atoms with Gasteiger partial charge >= 0.3 is 26.2 Å². The van der Waals surface area contributed by atoms with Crippen LogP contribution in [0.2, 0.25) is 0 Å². The summed E-state index contributed by atoms with van der Waals surface area (Å²) in [7, 11) is -9.18. The molecule has 0 rings (SSSR count). The molecule has 0 bridgehead atoms. The molecule has 0 aliphatic carbocycles. The largest absolute Gasteiger partial charge is 4.00 e. The van der Waals surface area contributed by atoms with Crippen molar-refractivity contribution in [1.82, 2.24) is 0 Å². The fraction of sp³-hybridized carbons (Fsp3) is 1.00. The van der Waals surface area contributed by atoms with Crippen LogP contribution in [0.25, 0.3) is 0 Å². The predicted molar refractivity (Wildman–Crippen MR) is 33.0 cm³/mol. The maximum atomic E-state index is 9.22. The fourth-order valence-corrected chi connectivity index (χ4v) is 0. The van der Waals surface area contributed by atoms with Crippen LogP contribution in [0.15, 0.2) is 0 Å². The van der Waals surface area contributed by atoms with E-state index in [2.05, 4.69) is 0 Å². The van der Waals surface area contributed by atoms with Gasteiger partial charge < -0.3 is 44.4 Å². The second kappa shape index (κ2) is 10.6. The summed E-state index contributed by atoms with van der Waals surface area (Å²) in [4.78, 5) is 36.9. The van der Waals surface area contributed by atoms with Crippen LogP contribution in [-0.2, 0) is 35.3 Å². The van der Waals surface area contributed by atoms with E-state index in [0.717, 1.165) is 0 Å². The monoisotopic (exact) mass is 328 g/mol. The molecule has 0 aliphatic rings. The first-order valence-corrected chi connectivity index (χ1v) is 5.82. The maximum absolute atomic E-state index is 9.22. The van der Waals surface area contributed by atoms with Crippen molar-refractivity contribution in [3.63, 3.8) is 0 Å². The van der Waals surface area contributed by atoms with Crippen LogP contribution >= 0.6 is 15.2 Å². The summed E-state index contributed by atoms with van der Waals surface area (Å²) < 4.78 is 18.4. The van der Waals surface area contributed by atoms with Crippen LogP contribution in [-0.4, -0.2) is 28.4 Å². The molecule has 84 valence electrons. The van der Waals surface area contributed by atoms with Crippen molar-refractivity contribution in [2.45, 2.75) is 0 Å². The minimum atomic E-state index is -4.59. The van der Waals surface area contributed by atoms with Crippen LogP contribution in [0.5, 0.6) is 0 Å². The number of aliphatic hydroxyl groups is 2. The Bertz CT molecular complexity index is 171. The van der Waals surface area contributed by atoms with Crippen LogP contribution in [0, 0.1) is 0 Å². The maximum Gasteiger partial charge on any atom is 4.00 e. The Balaban J connectivity index is -0.0000000625. The molecular formula is C2H8O9P2Zr. The van der Waals surface area contributed by atoms with Gasteiger partial charge in [-0.1, -0.05) is 0 Å². The van der Waals surface area contributed by atoms with Crippen LogP contribution < -0.4 is 19.6 Å². The Labute approximate surface area is 98.5 Å². The van der Waals surface area contributed by atoms with Crippen LogP contribution in [0.3, 0.4) is 0 Å². The molecule has 0 unspecified atom stereocenters. The summed E-state index contributed by atoms with van der Waals surface area (Å²) in [6, 6.07) is 0. The van der Waals surface area contributed by atoms with E-state index in [1.807, 2.05) is 0 Å². The summed E-state index contributed by atoms with van der Waals surface area (Å²) in [6.45, 7) is 0. The van der Waals surface area contributed by atoms with E-state index < -0.39 is 27.9 Å². The molecule has 0 amide bonds. The first-order chi connectivity index (χ1) is 5.12. The first-order valence-electron chi connectivity index (χ1n) is 2.36. The Morgan fingerprint density at radius 1 is 0.857 bits per heavy atom. The van der Waals surface area contributed by atoms with Gasteiger partial charge in [-0.05, 0) is 15.2 Å². The van der Waals surface area contributed by atoms with Crippen molar-refractivity contribution in [2.24, 2.45) is 0 Å². The second-order valence-corrected chi connectivity index (χ2v) is 4.51. The van der Waals surface area contributed by atoms with Gasteiger partial charge in [0.05, 0.1) is 12.7 Å². The summed E-state index contributed by atoms with van der Waals surface area (Å²) in [6.07, 6.45) is -2.57. The van der Waals surface area contributed by atoms with E-state index in [4.69, 9.17) is 10.2 Å². The molecule has 12 heteroatoms. The summed E-state index contributed by atoms with van der Waals surface area (Å²) in [5.41, 5.74) is 0. The molecule has 14 heavy (non-hydrogen) atoms. The third kappa shape index (κ3) is 38.1. The smallest absolute Gasteiger partial charge is 0.809 e. The molecule has 0 heterocycles. The predicted octanol–water partition coefficient (Wildman–Crippen LogP) is -5.13. The molecule has 0 aromatic heterocycles. The number of hydrogen-bond acceptors (Lipinski definition) is 8. The average Bonchev–Trinajstić information content (AvgIpc) is 1.86. The van der Waals surface area contributed by atoms with Gasteiger partial charge in [0.25, 0.3) is 0 Å². The van der Waals surface area contributed by atoms with E-state index in [1.54, 1.807) is 0 Å². The molecule has 0 aromatic carbocycles. The zero-order valence-electron chi connectivity index (χ0n) is 6.65. The molecule has 0 aromatic rings. The first kappa shape index (κ1) is 24.3. The van der Waals surface area contributed by atoms with Gasteiger partial charge in [0.2, 0.25) is 0 Å². The van der Waals surface area contributed by atoms with Gasteiger partial charge in [-0.3, -0.25) is 0 Å². The van der Waals surface area contributed by atoms with E-state index in [0.29, 0.717) is 0 Å². The van der Waals surface area contributed by atoms with E-state index >= 15 is 0 Å². The summed E-state index contributed by atoms with van der Waals surface area (Å²) >= 11 is 0. The molecule has 0 aliphatic heterocycles. The molecule has 0 fully saturated rings. The topological polar surface area (TPSA) is 198 Å². The van der Waals surface area contributed by atoms with E-state index in [9.17, 15) is 28.7 Å². The van der Waals surface area contributed by atoms with E-state index in [1.165, 1.54) is 0 Å². The number of hydrogen-bond donors (Lipinski definition) is 2. The Hall–Kier alpha value is 1.06. The third-order valence-electron chi connectivity index (χ3n) is 0.346. The summed E-state index contributed by atoms with van der Waals surface area (Å²) in [5.74, 6) is 0. The Morgan fingerprint density at radius 2 is 0.929 bits per heavy atom. The Kier molecular flexibility index (Phi) is 18.4. The van der Waals surface area contributed by atoms with Crippen LogP contribution in [0.4, 0.5) is 0 Å². The minimum absolute atomic E-state index is 0. The molecule has 0 radical (unpaired) electrons. The molecule has 0 saturated carbocycles. The zero-order chi connectivity index (χ0) is 10.4. The standard InChI is InChI=1S/2CH5O4P.H2O.Zr/c2*2-1-6(3,4)5;;/h2*2H,1H2,(H2,3,4,5);1H2;/q;;;+4/p-4. The second-order valence-electron chi connectivity index (χ2n) is 1.50. The van der Waals surface area contributed by atoms with Crippen molar-refractivity contribution in [2.75, 3.05) is 12.7 Å². The van der Waals surface area contributed by atoms with Crippen LogP contribution in [0.1, 0.15) is 0 Å². The zero-order valence-corrected chi connectivity index (χ0v) is 10.9. The van der Waals surface area contributed by atoms with Crippen molar-refractivity contribution in [3.05, 3.63) is 0 Å². The SMILES string of the molecule is O.O=P([O-])([O-])CO.O=P([O-])([O-])CO.[Zr+4]. The van der Waals surface area contributed by atoms with Crippen molar-refractivity contribution < 1.29 is 70.6 Å². The van der Waals surface area contributed by atoms with Gasteiger partial charge in [0, 0.05) is 0 Å². The van der Waals surface area contributed by atoms with Gasteiger partial charge in [-0.25, -0.2) is 0 Å². The molecule has 0 atom stereocenters. The van der Waals surface area contributed by atoms with Crippen molar-refractivity contribution in [1.29, 1.82) is 0 Å². The molecule has 9 nitrogen and oxygen atoms in total. The molecular weight excluding hydrogens is 321 g/mol. The minimum Gasteiger partial charge on any atom is -0.809 e. The van der Waals surface area contributed by atoms with Gasteiger partial charge in [-0.2, -0.15) is 0 Å². The molecule has 0 spiro atoms. The summed E-state index contributed by atoms with van der Waals surface area (Å²) in [5, 5.41) is 15.0. The average molecular weight is 329 g/mol. The van der Waals surface area contributed by atoms with Crippen molar-refractivity contribution in [3.8, 4) is 0 Å². The third-order valence-corrected chi connectivity index (χ3v) is 1.04. The van der Waals surface area contributed by atoms with Gasteiger partial charge in [-0.15, -0.1) is 0 Å². The van der Waals surface area contributed by atoms with Gasteiger partial charge in [0.1, 0.15) is 0 Å². The van der Waals surface area contributed by atoms with Gasteiger partial charge in [0.15, 0.2) is 0 Å². The number of rotatable bonds is 2. The Morgan fingerprint density at radius 3 is 0.929 bits per heavy atom. The fourth-order valence-electron chi connectivity index (χ4n) is 0. The quantitative estimate of drug-likeness (QED) is 0.468. The molecule has 0 saturated heterocycles.